The average molecular weight is 361 g/mol. The van der Waals surface area contributed by atoms with Crippen LogP contribution in [0.5, 0.6) is 0 Å². The maximum atomic E-state index is 12.8. The van der Waals surface area contributed by atoms with Gasteiger partial charge in [0, 0.05) is 18.0 Å². The molecule has 126 valence electrons. The third-order valence-corrected chi connectivity index (χ3v) is 5.33. The molecule has 0 aliphatic carbocycles. The van der Waals surface area contributed by atoms with E-state index < -0.39 is 0 Å². The molecule has 3 rings (SSSR count). The topological polar surface area (TPSA) is 49.6 Å². The molecule has 7 heteroatoms. The molecule has 0 saturated heterocycles. The first-order valence-electron chi connectivity index (χ1n) is 7.53. The Morgan fingerprint density at radius 3 is 2.79 bits per heavy atom. The normalized spacial score (nSPS) is 11.3. The molecule has 0 atom stereocenters. The number of carbonyl (C=O) groups is 1. The minimum Gasteiger partial charge on any atom is -0.459 e. The van der Waals surface area contributed by atoms with Crippen molar-refractivity contribution in [2.45, 2.75) is 4.90 Å². The second-order valence-electron chi connectivity index (χ2n) is 5.57. The van der Waals surface area contributed by atoms with Gasteiger partial charge in [0.1, 0.15) is 0 Å². The minimum absolute atomic E-state index is 0.161. The summed E-state index contributed by atoms with van der Waals surface area (Å²) in [7, 11) is 3.97. The van der Waals surface area contributed by atoms with Gasteiger partial charge in [-0.3, -0.25) is 9.69 Å². The van der Waals surface area contributed by atoms with E-state index in [2.05, 4.69) is 17.1 Å². The van der Waals surface area contributed by atoms with Crippen LogP contribution in [-0.2, 0) is 0 Å². The average Bonchev–Trinajstić information content (AvgIpc) is 3.23. The summed E-state index contributed by atoms with van der Waals surface area (Å²) >= 11 is 3.23. The van der Waals surface area contributed by atoms with E-state index in [1.807, 2.05) is 31.3 Å². The molecule has 0 radical (unpaired) electrons. The van der Waals surface area contributed by atoms with E-state index in [1.165, 1.54) is 22.5 Å². The zero-order valence-corrected chi connectivity index (χ0v) is 15.5. The van der Waals surface area contributed by atoms with Gasteiger partial charge in [-0.25, -0.2) is 4.98 Å². The van der Waals surface area contributed by atoms with Crippen LogP contribution in [0.1, 0.15) is 10.6 Å². The number of likely N-dealkylation sites (N-methyl/N-ethyl adjacent to an activating group) is 1. The van der Waals surface area contributed by atoms with Crippen LogP contribution in [-0.4, -0.2) is 49.2 Å². The molecule has 0 fully saturated rings. The summed E-state index contributed by atoms with van der Waals surface area (Å²) in [4.78, 5) is 22.4. The quantitative estimate of drug-likeness (QED) is 0.625. The Balaban J connectivity index is 1.96. The van der Waals surface area contributed by atoms with Crippen molar-refractivity contribution in [2.24, 2.45) is 0 Å². The Bertz CT molecular complexity index is 828. The number of furan rings is 1. The van der Waals surface area contributed by atoms with Gasteiger partial charge in [-0.2, -0.15) is 0 Å². The zero-order valence-electron chi connectivity index (χ0n) is 13.9. The van der Waals surface area contributed by atoms with Gasteiger partial charge in [0.2, 0.25) is 0 Å². The summed E-state index contributed by atoms with van der Waals surface area (Å²) in [6.45, 7) is 1.31. The van der Waals surface area contributed by atoms with Crippen molar-refractivity contribution in [1.82, 2.24) is 9.88 Å². The Kier molecular flexibility index (Phi) is 5.23. The summed E-state index contributed by atoms with van der Waals surface area (Å²) in [5.41, 5.74) is 0.912. The molecule has 0 aliphatic rings. The van der Waals surface area contributed by atoms with E-state index in [0.717, 1.165) is 16.8 Å². The van der Waals surface area contributed by atoms with Crippen molar-refractivity contribution in [3.63, 3.8) is 0 Å². The van der Waals surface area contributed by atoms with Crippen LogP contribution in [0.3, 0.4) is 0 Å². The Morgan fingerprint density at radius 2 is 2.12 bits per heavy atom. The first-order chi connectivity index (χ1) is 11.6. The van der Waals surface area contributed by atoms with E-state index in [1.54, 1.807) is 28.8 Å². The number of anilines is 1. The number of amides is 1. The fraction of sp³-hybridized carbons (Fsp3) is 0.294. The Hall–Kier alpha value is -1.83. The highest BCUT2D eigenvalue weighted by Gasteiger charge is 2.23. The summed E-state index contributed by atoms with van der Waals surface area (Å²) in [6.07, 6.45) is 3.56. The predicted molar refractivity (Wildman–Crippen MR) is 100 cm³/mol. The monoisotopic (exact) mass is 361 g/mol. The predicted octanol–water partition coefficient (Wildman–Crippen LogP) is 3.82. The number of hydrogen-bond acceptors (Lipinski definition) is 6. The van der Waals surface area contributed by atoms with Crippen molar-refractivity contribution in [3.8, 4) is 0 Å². The number of thiazole rings is 1. The SMILES string of the molecule is CSc1ccc2nc(N(CCN(C)C)C(=O)c3ccco3)sc2c1. The van der Waals surface area contributed by atoms with Crippen LogP contribution in [0.2, 0.25) is 0 Å². The molecule has 0 N–H and O–H groups in total. The zero-order chi connectivity index (χ0) is 17.1. The summed E-state index contributed by atoms with van der Waals surface area (Å²) in [6, 6.07) is 9.57. The van der Waals surface area contributed by atoms with Gasteiger partial charge >= 0.3 is 0 Å². The highest BCUT2D eigenvalue weighted by atomic mass is 32.2. The lowest BCUT2D eigenvalue weighted by Crippen LogP contribution is -2.36. The first kappa shape index (κ1) is 17.0. The molecule has 2 aromatic heterocycles. The van der Waals surface area contributed by atoms with Crippen molar-refractivity contribution in [3.05, 3.63) is 42.4 Å². The summed E-state index contributed by atoms with van der Waals surface area (Å²) in [5, 5.41) is 0.700. The van der Waals surface area contributed by atoms with Gasteiger partial charge in [0.25, 0.3) is 5.91 Å². The fourth-order valence-corrected chi connectivity index (χ4v) is 3.80. The van der Waals surface area contributed by atoms with Crippen LogP contribution in [0.15, 0.2) is 45.9 Å². The number of rotatable bonds is 6. The minimum atomic E-state index is -0.161. The molecule has 0 unspecified atom stereocenters. The van der Waals surface area contributed by atoms with Crippen LogP contribution >= 0.6 is 23.1 Å². The van der Waals surface area contributed by atoms with E-state index in [9.17, 15) is 4.79 Å². The second kappa shape index (κ2) is 7.38. The number of carbonyl (C=O) groups excluding carboxylic acids is 1. The standard InChI is InChI=1S/C17H19N3O2S2/c1-19(2)8-9-20(16(21)14-5-4-10-22-14)17-18-13-7-6-12(23-3)11-15(13)24-17/h4-7,10-11H,8-9H2,1-3H3. The molecule has 1 aromatic carbocycles. The molecule has 0 saturated carbocycles. The largest absolute Gasteiger partial charge is 0.459 e. The number of aromatic nitrogens is 1. The van der Waals surface area contributed by atoms with Gasteiger partial charge < -0.3 is 9.32 Å². The molecule has 0 aliphatic heterocycles. The third-order valence-electron chi connectivity index (χ3n) is 3.56. The molecular weight excluding hydrogens is 342 g/mol. The van der Waals surface area contributed by atoms with Gasteiger partial charge in [0.05, 0.1) is 16.5 Å². The number of nitrogens with zero attached hydrogens (tertiary/aromatic N) is 3. The van der Waals surface area contributed by atoms with Crippen molar-refractivity contribution >= 4 is 44.4 Å². The lowest BCUT2D eigenvalue weighted by molar-refractivity contribution is 0.0958. The molecular formula is C17H19N3O2S2. The van der Waals surface area contributed by atoms with Crippen LogP contribution < -0.4 is 4.90 Å². The van der Waals surface area contributed by atoms with Crippen molar-refractivity contribution in [1.29, 1.82) is 0 Å². The maximum Gasteiger partial charge on any atom is 0.295 e. The molecule has 3 aromatic rings. The summed E-state index contributed by atoms with van der Waals surface area (Å²) in [5.74, 6) is 0.170. The number of benzene rings is 1. The van der Waals surface area contributed by atoms with Gasteiger partial charge in [0.15, 0.2) is 10.9 Å². The van der Waals surface area contributed by atoms with Crippen molar-refractivity contribution in [2.75, 3.05) is 38.3 Å². The number of fused-ring (bicyclic) bond motifs is 1. The van der Waals surface area contributed by atoms with Crippen molar-refractivity contribution < 1.29 is 9.21 Å². The van der Waals surface area contributed by atoms with Crippen LogP contribution in [0.4, 0.5) is 5.13 Å². The van der Waals surface area contributed by atoms with E-state index in [-0.39, 0.29) is 5.91 Å². The highest BCUT2D eigenvalue weighted by Crippen LogP contribution is 2.32. The third kappa shape index (κ3) is 3.63. The number of thioether (sulfide) groups is 1. The van der Waals surface area contributed by atoms with E-state index >= 15 is 0 Å². The van der Waals surface area contributed by atoms with E-state index in [4.69, 9.17) is 4.42 Å². The van der Waals surface area contributed by atoms with E-state index in [0.29, 0.717) is 17.4 Å². The molecule has 1 amide bonds. The molecule has 24 heavy (non-hydrogen) atoms. The van der Waals surface area contributed by atoms with Crippen LogP contribution in [0, 0.1) is 0 Å². The smallest absolute Gasteiger partial charge is 0.295 e. The second-order valence-corrected chi connectivity index (χ2v) is 7.46. The lowest BCUT2D eigenvalue weighted by atomic mass is 10.3. The Morgan fingerprint density at radius 1 is 1.29 bits per heavy atom. The van der Waals surface area contributed by atoms with Gasteiger partial charge in [-0.05, 0) is 50.7 Å². The molecule has 0 spiro atoms. The maximum absolute atomic E-state index is 12.8. The van der Waals surface area contributed by atoms with Gasteiger partial charge in [-0.15, -0.1) is 11.8 Å². The van der Waals surface area contributed by atoms with Gasteiger partial charge in [-0.1, -0.05) is 11.3 Å². The molecule has 0 bridgehead atoms. The molecule has 2 heterocycles. The fourth-order valence-electron chi connectivity index (χ4n) is 2.25. The number of hydrogen-bond donors (Lipinski definition) is 0. The Labute approximate surface area is 149 Å². The molecule has 5 nitrogen and oxygen atoms in total. The first-order valence-corrected chi connectivity index (χ1v) is 9.57. The van der Waals surface area contributed by atoms with Crippen LogP contribution in [0.25, 0.3) is 10.2 Å². The summed E-state index contributed by atoms with van der Waals surface area (Å²) < 4.78 is 6.37. The lowest BCUT2D eigenvalue weighted by Gasteiger charge is -2.20. The highest BCUT2D eigenvalue weighted by molar-refractivity contribution is 7.98.